The van der Waals surface area contributed by atoms with Crippen LogP contribution in [0.1, 0.15) is 27.9 Å². The number of hydrogen-bond acceptors (Lipinski definition) is 5. The Kier molecular flexibility index (Phi) is 7.70. The van der Waals surface area contributed by atoms with Crippen LogP contribution < -0.4 is 10.2 Å². The Labute approximate surface area is 222 Å². The summed E-state index contributed by atoms with van der Waals surface area (Å²) in [7, 11) is 1.70. The molecular formula is C30H33N5O3. The number of aryl methyl sites for hydroxylation is 1. The van der Waals surface area contributed by atoms with Crippen molar-refractivity contribution in [3.8, 4) is 0 Å². The number of amides is 2. The Bertz CT molecular complexity index is 1410. The summed E-state index contributed by atoms with van der Waals surface area (Å²) in [6.07, 6.45) is 2.72. The Morgan fingerprint density at radius 2 is 1.89 bits per heavy atom. The highest BCUT2D eigenvalue weighted by Gasteiger charge is 2.30. The number of hydrogen-bond donors (Lipinski definition) is 2. The van der Waals surface area contributed by atoms with E-state index in [9.17, 15) is 9.59 Å². The molecule has 0 aliphatic carbocycles. The van der Waals surface area contributed by atoms with E-state index < -0.39 is 0 Å². The lowest BCUT2D eigenvalue weighted by Crippen LogP contribution is -2.56. The van der Waals surface area contributed by atoms with Crippen LogP contribution in [0.3, 0.4) is 0 Å². The Morgan fingerprint density at radius 1 is 1.08 bits per heavy atom. The number of carbonyl (C=O) groups is 2. The Balaban J connectivity index is 1.21. The summed E-state index contributed by atoms with van der Waals surface area (Å²) >= 11 is 0. The Hall–Kier alpha value is -4.17. The summed E-state index contributed by atoms with van der Waals surface area (Å²) in [5.41, 5.74) is 6.25. The van der Waals surface area contributed by atoms with Gasteiger partial charge in [-0.1, -0.05) is 30.3 Å². The second-order valence-corrected chi connectivity index (χ2v) is 9.72. The van der Waals surface area contributed by atoms with Crippen molar-refractivity contribution in [1.29, 1.82) is 0 Å². The van der Waals surface area contributed by atoms with Crippen LogP contribution in [-0.2, 0) is 16.0 Å². The molecule has 1 aliphatic heterocycles. The van der Waals surface area contributed by atoms with Gasteiger partial charge in [0.05, 0.1) is 29.8 Å². The molecule has 1 aliphatic rings. The molecule has 196 valence electrons. The molecule has 0 radical (unpaired) electrons. The Morgan fingerprint density at radius 3 is 2.68 bits per heavy atom. The van der Waals surface area contributed by atoms with Gasteiger partial charge in [0.1, 0.15) is 0 Å². The molecule has 4 aromatic rings. The number of H-pyrrole nitrogens is 1. The SMILES string of the molecule is COCCC1CN(c2ccccc2C)CCN1C(=O)Cc1ccc(NC(=O)c2ccc3nc[nH]c3c2)cc1. The summed E-state index contributed by atoms with van der Waals surface area (Å²) < 4.78 is 5.35. The first-order valence-electron chi connectivity index (χ1n) is 12.9. The van der Waals surface area contributed by atoms with Crippen LogP contribution >= 0.6 is 0 Å². The number of fused-ring (bicyclic) bond motifs is 1. The largest absolute Gasteiger partial charge is 0.385 e. The van der Waals surface area contributed by atoms with Crippen molar-refractivity contribution in [3.05, 3.63) is 89.7 Å². The first-order chi connectivity index (χ1) is 18.5. The van der Waals surface area contributed by atoms with E-state index in [2.05, 4.69) is 51.4 Å². The molecule has 38 heavy (non-hydrogen) atoms. The van der Waals surface area contributed by atoms with Crippen molar-refractivity contribution in [3.63, 3.8) is 0 Å². The second-order valence-electron chi connectivity index (χ2n) is 9.72. The number of methoxy groups -OCH3 is 1. The fraction of sp³-hybridized carbons (Fsp3) is 0.300. The lowest BCUT2D eigenvalue weighted by atomic mass is 10.0. The number of anilines is 2. The monoisotopic (exact) mass is 511 g/mol. The second kappa shape index (κ2) is 11.5. The zero-order valence-electron chi connectivity index (χ0n) is 21.8. The van der Waals surface area contributed by atoms with Crippen LogP contribution in [0.15, 0.2) is 73.1 Å². The molecule has 2 N–H and O–H groups in total. The van der Waals surface area contributed by atoms with Gasteiger partial charge in [-0.05, 0) is 60.9 Å². The maximum absolute atomic E-state index is 13.4. The van der Waals surface area contributed by atoms with E-state index in [1.54, 1.807) is 25.6 Å². The number of nitrogens with one attached hydrogen (secondary N) is 2. The van der Waals surface area contributed by atoms with Gasteiger partial charge in [-0.3, -0.25) is 9.59 Å². The first-order valence-corrected chi connectivity index (χ1v) is 12.9. The van der Waals surface area contributed by atoms with E-state index in [1.807, 2.05) is 35.2 Å². The molecule has 1 atom stereocenters. The van der Waals surface area contributed by atoms with Gasteiger partial charge in [-0.15, -0.1) is 0 Å². The summed E-state index contributed by atoms with van der Waals surface area (Å²) in [6.45, 7) is 5.00. The predicted molar refractivity (Wildman–Crippen MR) is 150 cm³/mol. The smallest absolute Gasteiger partial charge is 0.255 e. The van der Waals surface area contributed by atoms with Gasteiger partial charge in [0.15, 0.2) is 0 Å². The van der Waals surface area contributed by atoms with Crippen molar-refractivity contribution in [2.24, 2.45) is 0 Å². The topological polar surface area (TPSA) is 90.6 Å². The average molecular weight is 512 g/mol. The van der Waals surface area contributed by atoms with Gasteiger partial charge in [0, 0.05) is 50.3 Å². The van der Waals surface area contributed by atoms with Crippen molar-refractivity contribution >= 4 is 34.2 Å². The molecule has 0 spiro atoms. The van der Waals surface area contributed by atoms with E-state index >= 15 is 0 Å². The lowest BCUT2D eigenvalue weighted by Gasteiger charge is -2.43. The molecule has 3 aromatic carbocycles. The summed E-state index contributed by atoms with van der Waals surface area (Å²) in [4.78, 5) is 37.7. The average Bonchev–Trinajstić information content (AvgIpc) is 3.41. The van der Waals surface area contributed by atoms with E-state index in [0.29, 0.717) is 30.8 Å². The van der Waals surface area contributed by atoms with E-state index in [4.69, 9.17) is 4.74 Å². The number of benzene rings is 3. The molecular weight excluding hydrogens is 478 g/mol. The lowest BCUT2D eigenvalue weighted by molar-refractivity contribution is -0.133. The summed E-state index contributed by atoms with van der Waals surface area (Å²) in [5, 5.41) is 2.93. The first kappa shape index (κ1) is 25.5. The quantitative estimate of drug-likeness (QED) is 0.366. The zero-order chi connectivity index (χ0) is 26.5. The fourth-order valence-electron chi connectivity index (χ4n) is 5.08. The van der Waals surface area contributed by atoms with Crippen molar-refractivity contribution in [2.45, 2.75) is 25.8 Å². The summed E-state index contributed by atoms with van der Waals surface area (Å²) in [6, 6.07) is 21.3. The van der Waals surface area contributed by atoms with E-state index in [0.717, 1.165) is 36.1 Å². The molecule has 8 heteroatoms. The molecule has 1 fully saturated rings. The minimum Gasteiger partial charge on any atom is -0.385 e. The third-order valence-corrected chi connectivity index (χ3v) is 7.16. The number of piperazine rings is 1. The number of aromatic amines is 1. The molecule has 1 saturated heterocycles. The molecule has 2 heterocycles. The van der Waals surface area contributed by atoms with Gasteiger partial charge < -0.3 is 24.8 Å². The molecule has 0 saturated carbocycles. The number of nitrogens with zero attached hydrogens (tertiary/aromatic N) is 3. The normalized spacial score (nSPS) is 15.6. The maximum atomic E-state index is 13.4. The van der Waals surface area contributed by atoms with Crippen LogP contribution in [0, 0.1) is 6.92 Å². The van der Waals surface area contributed by atoms with Crippen molar-refractivity contribution in [1.82, 2.24) is 14.9 Å². The molecule has 1 unspecified atom stereocenters. The van der Waals surface area contributed by atoms with Gasteiger partial charge in [-0.2, -0.15) is 0 Å². The van der Waals surface area contributed by atoms with Crippen LogP contribution in [0.5, 0.6) is 0 Å². The van der Waals surface area contributed by atoms with Gasteiger partial charge >= 0.3 is 0 Å². The maximum Gasteiger partial charge on any atom is 0.255 e. The van der Waals surface area contributed by atoms with Crippen molar-refractivity contribution < 1.29 is 14.3 Å². The van der Waals surface area contributed by atoms with Crippen molar-refractivity contribution in [2.75, 3.05) is 43.6 Å². The number of carbonyl (C=O) groups excluding carboxylic acids is 2. The highest BCUT2D eigenvalue weighted by atomic mass is 16.5. The van der Waals surface area contributed by atoms with Crippen LogP contribution in [0.4, 0.5) is 11.4 Å². The van der Waals surface area contributed by atoms with Crippen LogP contribution in [-0.4, -0.2) is 66.1 Å². The molecule has 2 amide bonds. The molecule has 1 aromatic heterocycles. The van der Waals surface area contributed by atoms with Gasteiger partial charge in [0.2, 0.25) is 5.91 Å². The number of rotatable bonds is 8. The van der Waals surface area contributed by atoms with Gasteiger partial charge in [0.25, 0.3) is 5.91 Å². The highest BCUT2D eigenvalue weighted by Crippen LogP contribution is 2.25. The predicted octanol–water partition coefficient (Wildman–Crippen LogP) is 4.42. The minimum absolute atomic E-state index is 0.0848. The van der Waals surface area contributed by atoms with Crippen LogP contribution in [0.25, 0.3) is 11.0 Å². The van der Waals surface area contributed by atoms with Gasteiger partial charge in [-0.25, -0.2) is 4.98 Å². The third kappa shape index (κ3) is 5.70. The van der Waals surface area contributed by atoms with E-state index in [-0.39, 0.29) is 17.9 Å². The number of imidazole rings is 1. The third-order valence-electron chi connectivity index (χ3n) is 7.16. The zero-order valence-corrected chi connectivity index (χ0v) is 21.8. The van der Waals surface area contributed by atoms with Crippen LogP contribution in [0.2, 0.25) is 0 Å². The molecule has 0 bridgehead atoms. The number of aromatic nitrogens is 2. The fourth-order valence-corrected chi connectivity index (χ4v) is 5.08. The van der Waals surface area contributed by atoms with E-state index in [1.165, 1.54) is 11.3 Å². The standard InChI is InChI=1S/C30H33N5O3/c1-21-5-3-4-6-28(21)34-14-15-35(25(19-34)13-16-38-2)29(36)17-22-7-10-24(11-8-22)33-30(37)23-9-12-26-27(18-23)32-20-31-26/h3-12,18,20,25H,13-17,19H2,1-2H3,(H,31,32)(H,33,37). The number of para-hydroxylation sites is 1. The highest BCUT2D eigenvalue weighted by molar-refractivity contribution is 6.05. The number of ether oxygens (including phenoxy) is 1. The summed E-state index contributed by atoms with van der Waals surface area (Å²) in [5.74, 6) is -0.0852. The molecule has 5 rings (SSSR count). The minimum atomic E-state index is -0.196. The molecule has 8 nitrogen and oxygen atoms in total.